The molecule has 9 heteroatoms. The van der Waals surface area contributed by atoms with Gasteiger partial charge in [0, 0.05) is 56.0 Å². The number of imidazole rings is 1. The van der Waals surface area contributed by atoms with Crippen LogP contribution in [0.5, 0.6) is 11.5 Å². The smallest absolute Gasteiger partial charge is 0.169 e. The number of halogens is 4. The van der Waals surface area contributed by atoms with E-state index in [1.807, 2.05) is 6.07 Å². The van der Waals surface area contributed by atoms with Crippen LogP contribution in [0.4, 0.5) is 8.78 Å². The highest BCUT2D eigenvalue weighted by atomic mass is 127. The fourth-order valence-corrected chi connectivity index (χ4v) is 5.79. The predicted octanol–water partition coefficient (Wildman–Crippen LogP) is 9.05. The van der Waals surface area contributed by atoms with Crippen LogP contribution in [0.3, 0.4) is 0 Å². The summed E-state index contributed by atoms with van der Waals surface area (Å²) in [7, 11) is 0. The lowest BCUT2D eigenvalue weighted by atomic mass is 9.90. The van der Waals surface area contributed by atoms with Crippen LogP contribution in [-0.2, 0) is 6.61 Å². The van der Waals surface area contributed by atoms with Crippen LogP contribution < -0.4 is 4.74 Å². The number of aromatic nitrogens is 3. The highest BCUT2D eigenvalue weighted by Gasteiger charge is 2.20. The van der Waals surface area contributed by atoms with Crippen molar-refractivity contribution in [1.82, 2.24) is 15.0 Å². The van der Waals surface area contributed by atoms with E-state index in [2.05, 4.69) is 55.7 Å². The van der Waals surface area contributed by atoms with Gasteiger partial charge in [0.15, 0.2) is 11.6 Å². The molecule has 0 aliphatic carbocycles. The summed E-state index contributed by atoms with van der Waals surface area (Å²) in [5, 5.41) is 10.6. The van der Waals surface area contributed by atoms with Gasteiger partial charge in [-0.3, -0.25) is 0 Å². The van der Waals surface area contributed by atoms with E-state index in [9.17, 15) is 9.50 Å². The minimum atomic E-state index is -0.628. The monoisotopic (exact) mass is 675 g/mol. The number of hydrogen-bond donors (Lipinski definition) is 3. The summed E-state index contributed by atoms with van der Waals surface area (Å²) in [4.78, 5) is 10.8. The summed E-state index contributed by atoms with van der Waals surface area (Å²) >= 11 is 8.15. The Morgan fingerprint density at radius 3 is 2.65 bits per heavy atom. The number of alkyl halides is 1. The zero-order valence-corrected chi connectivity index (χ0v) is 24.6. The molecule has 0 aliphatic heterocycles. The fraction of sp³-hybridized carbons (Fsp3) is 0.258. The van der Waals surface area contributed by atoms with Gasteiger partial charge in [-0.05, 0) is 77.4 Å². The van der Waals surface area contributed by atoms with Crippen molar-refractivity contribution in [3.8, 4) is 22.9 Å². The lowest BCUT2D eigenvalue weighted by molar-refractivity contribution is 0.276. The molecule has 5 aromatic rings. The Bertz CT molecular complexity index is 1600. The minimum absolute atomic E-state index is 0.0729. The van der Waals surface area contributed by atoms with Gasteiger partial charge in [-0.2, -0.15) is 0 Å². The zero-order valence-electron chi connectivity index (χ0n) is 21.7. The molecule has 2 heterocycles. The quantitative estimate of drug-likeness (QED) is 0.0702. The van der Waals surface area contributed by atoms with Crippen molar-refractivity contribution in [2.75, 3.05) is 5.88 Å². The number of fused-ring (bicyclic) bond motifs is 1. The number of nitrogens with zero attached hydrogens (tertiary/aromatic N) is 1. The third-order valence-electron chi connectivity index (χ3n) is 7.04. The first-order chi connectivity index (χ1) is 19.5. The van der Waals surface area contributed by atoms with E-state index in [-0.39, 0.29) is 23.0 Å². The molecular formula is C31H29ClF2IN3O2. The molecule has 3 aromatic carbocycles. The normalized spacial score (nSPS) is 12.2. The summed E-state index contributed by atoms with van der Waals surface area (Å²) < 4.78 is 37.0. The van der Waals surface area contributed by atoms with E-state index >= 15 is 4.39 Å². The second-order valence-corrected chi connectivity index (χ2v) is 11.3. The Hall–Kier alpha value is -2.95. The van der Waals surface area contributed by atoms with Crippen LogP contribution in [-0.4, -0.2) is 25.9 Å². The number of benzene rings is 3. The van der Waals surface area contributed by atoms with Crippen LogP contribution in [0.15, 0.2) is 67.0 Å². The van der Waals surface area contributed by atoms with Crippen LogP contribution in [0, 0.1) is 15.2 Å². The summed E-state index contributed by atoms with van der Waals surface area (Å²) in [5.74, 6) is 0.128. The van der Waals surface area contributed by atoms with Gasteiger partial charge in [-0.25, -0.2) is 13.8 Å². The van der Waals surface area contributed by atoms with Gasteiger partial charge in [-0.15, -0.1) is 11.6 Å². The number of nitrogens with one attached hydrogen (secondary N) is 2. The second kappa shape index (κ2) is 13.1. The molecular weight excluding hydrogens is 647 g/mol. The Morgan fingerprint density at radius 1 is 1.00 bits per heavy atom. The number of aliphatic hydroxyl groups excluding tert-OH is 1. The fourth-order valence-electron chi connectivity index (χ4n) is 5.03. The van der Waals surface area contributed by atoms with Crippen molar-refractivity contribution in [2.24, 2.45) is 0 Å². The summed E-state index contributed by atoms with van der Waals surface area (Å²) in [6.07, 6.45) is 8.55. The Labute approximate surface area is 250 Å². The van der Waals surface area contributed by atoms with E-state index in [4.69, 9.17) is 16.3 Å². The number of H-pyrrole nitrogens is 2. The second-order valence-electron chi connectivity index (χ2n) is 9.69. The third kappa shape index (κ3) is 6.34. The highest BCUT2D eigenvalue weighted by molar-refractivity contribution is 14.1. The zero-order chi connectivity index (χ0) is 28.1. The van der Waals surface area contributed by atoms with Gasteiger partial charge in [0.2, 0.25) is 0 Å². The molecule has 5 nitrogen and oxygen atoms in total. The van der Waals surface area contributed by atoms with E-state index in [0.29, 0.717) is 28.2 Å². The molecule has 1 unspecified atom stereocenters. The number of ether oxygens (including phenoxy) is 1. The molecule has 0 aliphatic rings. The Morgan fingerprint density at radius 2 is 1.85 bits per heavy atom. The molecule has 2 aromatic heterocycles. The van der Waals surface area contributed by atoms with E-state index in [1.54, 1.807) is 18.5 Å². The Balaban J connectivity index is 1.43. The highest BCUT2D eigenvalue weighted by Crippen LogP contribution is 2.37. The standard InChI is InChI=1S/C31H29ClF2IN3O2/c32-12-4-2-1-3-8-22(19-6-5-7-20(35)14-19)29-17-37-31(38-29)24-15-21(9-10-26(24)33)40-30-25(18-39)23-11-13-36-28(23)16-27(30)34/h5-7,9-11,13-17,22,36,39H,1-4,8,12,18H2,(H,37,38). The number of hydrogen-bond acceptors (Lipinski definition) is 3. The molecule has 5 rings (SSSR count). The van der Waals surface area contributed by atoms with Gasteiger partial charge in [0.25, 0.3) is 0 Å². The lowest BCUT2D eigenvalue weighted by Crippen LogP contribution is -2.03. The van der Waals surface area contributed by atoms with Crippen LogP contribution in [0.25, 0.3) is 22.3 Å². The average Bonchev–Trinajstić information content (AvgIpc) is 3.62. The molecule has 0 fully saturated rings. The van der Waals surface area contributed by atoms with Crippen molar-refractivity contribution in [2.45, 2.75) is 44.6 Å². The molecule has 0 spiro atoms. The first-order valence-electron chi connectivity index (χ1n) is 13.2. The van der Waals surface area contributed by atoms with Gasteiger partial charge < -0.3 is 19.8 Å². The average molecular weight is 676 g/mol. The van der Waals surface area contributed by atoms with Crippen molar-refractivity contribution in [1.29, 1.82) is 0 Å². The molecule has 1 atom stereocenters. The minimum Gasteiger partial charge on any atom is -0.454 e. The maximum Gasteiger partial charge on any atom is 0.169 e. The largest absolute Gasteiger partial charge is 0.454 e. The molecule has 0 saturated heterocycles. The first-order valence-corrected chi connectivity index (χ1v) is 14.8. The van der Waals surface area contributed by atoms with Crippen LogP contribution in [0.1, 0.15) is 54.8 Å². The van der Waals surface area contributed by atoms with Crippen molar-refractivity contribution in [3.63, 3.8) is 0 Å². The molecule has 0 bridgehead atoms. The maximum absolute atomic E-state index is 15.0. The SMILES string of the molecule is OCc1c(Oc2ccc(F)c(-c3ncc(C(CCCCCCCl)c4cccc(I)c4)[nH]3)c2)c(F)cc2[nH]ccc12. The topological polar surface area (TPSA) is 73.9 Å². The summed E-state index contributed by atoms with van der Waals surface area (Å²) in [6, 6.07) is 15.6. The predicted molar refractivity (Wildman–Crippen MR) is 163 cm³/mol. The number of unbranched alkanes of at least 4 members (excludes halogenated alkanes) is 3. The third-order valence-corrected chi connectivity index (χ3v) is 7.97. The van der Waals surface area contributed by atoms with Gasteiger partial charge >= 0.3 is 0 Å². The number of aliphatic hydroxyl groups is 1. The van der Waals surface area contributed by atoms with E-state index in [0.717, 1.165) is 41.4 Å². The summed E-state index contributed by atoms with van der Waals surface area (Å²) in [5.41, 5.74) is 3.14. The van der Waals surface area contributed by atoms with E-state index in [1.165, 1.54) is 29.8 Å². The maximum atomic E-state index is 15.0. The molecule has 40 heavy (non-hydrogen) atoms. The molecule has 3 N–H and O–H groups in total. The van der Waals surface area contributed by atoms with Gasteiger partial charge in [0.05, 0.1) is 12.2 Å². The Kier molecular flexibility index (Phi) is 9.39. The van der Waals surface area contributed by atoms with Crippen molar-refractivity contribution in [3.05, 3.63) is 99.0 Å². The van der Waals surface area contributed by atoms with Crippen molar-refractivity contribution >= 4 is 45.1 Å². The molecule has 0 amide bonds. The van der Waals surface area contributed by atoms with Crippen LogP contribution in [0.2, 0.25) is 0 Å². The van der Waals surface area contributed by atoms with Crippen LogP contribution >= 0.6 is 34.2 Å². The molecule has 0 radical (unpaired) electrons. The van der Waals surface area contributed by atoms with E-state index < -0.39 is 18.2 Å². The van der Waals surface area contributed by atoms with Gasteiger partial charge in [-0.1, -0.05) is 31.4 Å². The van der Waals surface area contributed by atoms with Crippen molar-refractivity contribution < 1.29 is 18.6 Å². The number of rotatable bonds is 12. The number of aromatic amines is 2. The molecule has 208 valence electrons. The lowest BCUT2D eigenvalue weighted by Gasteiger charge is -2.16. The summed E-state index contributed by atoms with van der Waals surface area (Å²) in [6.45, 7) is -0.414. The molecule has 0 saturated carbocycles. The van der Waals surface area contributed by atoms with Gasteiger partial charge in [0.1, 0.15) is 17.4 Å². The first kappa shape index (κ1) is 28.6.